The van der Waals surface area contributed by atoms with E-state index in [0.29, 0.717) is 0 Å². The van der Waals surface area contributed by atoms with Gasteiger partial charge in [-0.25, -0.2) is 0 Å². The molecule has 1 rings (SSSR count). The predicted molar refractivity (Wildman–Crippen MR) is 80.0 cm³/mol. The van der Waals surface area contributed by atoms with Crippen LogP contribution in [-0.4, -0.2) is 24.5 Å². The number of unbranched alkanes of at least 4 members (excludes halogenated alkanes) is 2. The van der Waals surface area contributed by atoms with E-state index in [-0.39, 0.29) is 12.1 Å². The molecular formula is C15H25ClN2. The predicted octanol–water partition coefficient (Wildman–Crippen LogP) is 3.85. The first-order chi connectivity index (χ1) is 8.56. The summed E-state index contributed by atoms with van der Waals surface area (Å²) < 4.78 is 0. The monoisotopic (exact) mass is 268 g/mol. The van der Waals surface area contributed by atoms with E-state index >= 15 is 0 Å². The van der Waals surface area contributed by atoms with Crippen LogP contribution >= 0.6 is 11.6 Å². The van der Waals surface area contributed by atoms with Gasteiger partial charge in [-0.1, -0.05) is 43.5 Å². The van der Waals surface area contributed by atoms with Crippen molar-refractivity contribution in [2.24, 2.45) is 5.73 Å². The van der Waals surface area contributed by atoms with Crippen LogP contribution < -0.4 is 5.73 Å². The molecule has 0 amide bonds. The minimum atomic E-state index is 0.109. The van der Waals surface area contributed by atoms with Gasteiger partial charge in [-0.05, 0) is 44.6 Å². The molecule has 0 aliphatic carbocycles. The van der Waals surface area contributed by atoms with Gasteiger partial charge in [0.15, 0.2) is 0 Å². The van der Waals surface area contributed by atoms with Crippen LogP contribution in [0.4, 0.5) is 0 Å². The first kappa shape index (κ1) is 15.5. The van der Waals surface area contributed by atoms with Gasteiger partial charge in [-0.3, -0.25) is 4.90 Å². The Hall–Kier alpha value is -0.570. The van der Waals surface area contributed by atoms with E-state index in [1.54, 1.807) is 0 Å². The first-order valence-corrected chi connectivity index (χ1v) is 7.15. The molecule has 2 unspecified atom stereocenters. The van der Waals surface area contributed by atoms with Crippen molar-refractivity contribution in [2.75, 3.05) is 13.6 Å². The largest absolute Gasteiger partial charge is 0.326 e. The molecule has 0 radical (unpaired) electrons. The van der Waals surface area contributed by atoms with E-state index in [0.717, 1.165) is 11.6 Å². The summed E-state index contributed by atoms with van der Waals surface area (Å²) in [5.74, 6) is 0. The van der Waals surface area contributed by atoms with Crippen LogP contribution in [0.2, 0.25) is 5.02 Å². The Morgan fingerprint density at radius 1 is 1.22 bits per heavy atom. The van der Waals surface area contributed by atoms with Crippen LogP contribution in [0.15, 0.2) is 24.3 Å². The zero-order chi connectivity index (χ0) is 13.5. The van der Waals surface area contributed by atoms with Crippen molar-refractivity contribution in [2.45, 2.75) is 45.2 Å². The van der Waals surface area contributed by atoms with E-state index in [1.807, 2.05) is 12.1 Å². The molecule has 18 heavy (non-hydrogen) atoms. The quantitative estimate of drug-likeness (QED) is 0.761. The highest BCUT2D eigenvalue weighted by Gasteiger charge is 2.20. The van der Waals surface area contributed by atoms with Crippen molar-refractivity contribution in [3.05, 3.63) is 34.9 Å². The summed E-state index contributed by atoms with van der Waals surface area (Å²) in [6.45, 7) is 5.38. The lowest BCUT2D eigenvalue weighted by Gasteiger charge is -2.31. The summed E-state index contributed by atoms with van der Waals surface area (Å²) >= 11 is 5.93. The summed E-state index contributed by atoms with van der Waals surface area (Å²) in [6.07, 6.45) is 3.75. The van der Waals surface area contributed by atoms with E-state index in [4.69, 9.17) is 17.3 Å². The zero-order valence-electron chi connectivity index (χ0n) is 11.7. The fraction of sp³-hybridized carbons (Fsp3) is 0.600. The summed E-state index contributed by atoms with van der Waals surface area (Å²) in [6, 6.07) is 8.40. The lowest BCUT2D eigenvalue weighted by molar-refractivity contribution is 0.215. The third-order valence-corrected chi connectivity index (χ3v) is 3.55. The van der Waals surface area contributed by atoms with Gasteiger partial charge in [0.1, 0.15) is 0 Å². The maximum absolute atomic E-state index is 6.14. The van der Waals surface area contributed by atoms with Gasteiger partial charge in [0.25, 0.3) is 0 Å². The van der Waals surface area contributed by atoms with Crippen molar-refractivity contribution in [3.8, 4) is 0 Å². The molecule has 0 heterocycles. The molecule has 3 heteroatoms. The Morgan fingerprint density at radius 2 is 1.83 bits per heavy atom. The highest BCUT2D eigenvalue weighted by molar-refractivity contribution is 6.30. The maximum atomic E-state index is 6.14. The van der Waals surface area contributed by atoms with Crippen LogP contribution in [0.3, 0.4) is 0 Å². The zero-order valence-corrected chi connectivity index (χ0v) is 12.5. The van der Waals surface area contributed by atoms with E-state index in [1.165, 1.54) is 24.8 Å². The molecule has 0 fully saturated rings. The highest BCUT2D eigenvalue weighted by atomic mass is 35.5. The smallest absolute Gasteiger partial charge is 0.0493 e. The first-order valence-electron chi connectivity index (χ1n) is 6.77. The standard InChI is InChI=1S/C15H25ClN2/c1-4-5-6-11-18(3)15(12(2)17)13-7-9-14(16)10-8-13/h7-10,12,15H,4-6,11,17H2,1-3H3. The molecule has 0 aromatic heterocycles. The van der Waals surface area contributed by atoms with Crippen molar-refractivity contribution >= 4 is 11.6 Å². The molecule has 0 bridgehead atoms. The Kier molecular flexibility index (Phi) is 6.69. The summed E-state index contributed by atoms with van der Waals surface area (Å²) in [7, 11) is 2.15. The number of benzene rings is 1. The van der Waals surface area contributed by atoms with Gasteiger partial charge in [-0.15, -0.1) is 0 Å². The number of nitrogens with two attached hydrogens (primary N) is 1. The Bertz CT molecular complexity index is 335. The fourth-order valence-electron chi connectivity index (χ4n) is 2.37. The topological polar surface area (TPSA) is 29.3 Å². The van der Waals surface area contributed by atoms with Crippen LogP contribution in [0, 0.1) is 0 Å². The van der Waals surface area contributed by atoms with Crippen molar-refractivity contribution in [1.82, 2.24) is 4.90 Å². The average molecular weight is 269 g/mol. The number of hydrogen-bond donors (Lipinski definition) is 1. The molecule has 1 aromatic carbocycles. The fourth-order valence-corrected chi connectivity index (χ4v) is 2.50. The van der Waals surface area contributed by atoms with Crippen LogP contribution in [0.5, 0.6) is 0 Å². The molecule has 0 aliphatic rings. The molecule has 2 N–H and O–H groups in total. The van der Waals surface area contributed by atoms with Gasteiger partial charge < -0.3 is 5.73 Å². The van der Waals surface area contributed by atoms with Crippen molar-refractivity contribution in [1.29, 1.82) is 0 Å². The second-order valence-electron chi connectivity index (χ2n) is 5.04. The van der Waals surface area contributed by atoms with E-state index in [2.05, 4.69) is 37.9 Å². The molecule has 102 valence electrons. The summed E-state index contributed by atoms with van der Waals surface area (Å²) in [4.78, 5) is 2.35. The molecule has 0 spiro atoms. The van der Waals surface area contributed by atoms with Gasteiger partial charge in [0.05, 0.1) is 0 Å². The molecule has 0 saturated carbocycles. The number of hydrogen-bond acceptors (Lipinski definition) is 2. The van der Waals surface area contributed by atoms with Gasteiger partial charge in [-0.2, -0.15) is 0 Å². The molecule has 2 atom stereocenters. The van der Waals surface area contributed by atoms with E-state index < -0.39 is 0 Å². The second kappa shape index (κ2) is 7.78. The molecule has 1 aromatic rings. The minimum Gasteiger partial charge on any atom is -0.326 e. The Morgan fingerprint density at radius 3 is 2.33 bits per heavy atom. The van der Waals surface area contributed by atoms with Gasteiger partial charge >= 0.3 is 0 Å². The van der Waals surface area contributed by atoms with Crippen molar-refractivity contribution < 1.29 is 0 Å². The lowest BCUT2D eigenvalue weighted by Crippen LogP contribution is -2.37. The number of rotatable bonds is 7. The Balaban J connectivity index is 2.72. The van der Waals surface area contributed by atoms with Crippen LogP contribution in [-0.2, 0) is 0 Å². The van der Waals surface area contributed by atoms with Gasteiger partial charge in [0, 0.05) is 17.1 Å². The molecular weight excluding hydrogens is 244 g/mol. The normalized spacial score (nSPS) is 14.8. The molecule has 0 saturated heterocycles. The number of likely N-dealkylation sites (N-methyl/N-ethyl adjacent to an activating group) is 1. The number of halogens is 1. The third kappa shape index (κ3) is 4.60. The lowest BCUT2D eigenvalue weighted by atomic mass is 9.99. The minimum absolute atomic E-state index is 0.109. The second-order valence-corrected chi connectivity index (χ2v) is 5.48. The maximum Gasteiger partial charge on any atom is 0.0493 e. The SMILES string of the molecule is CCCCCN(C)C(c1ccc(Cl)cc1)C(C)N. The summed E-state index contributed by atoms with van der Waals surface area (Å²) in [5.41, 5.74) is 7.38. The van der Waals surface area contributed by atoms with Crippen LogP contribution in [0.25, 0.3) is 0 Å². The Labute approximate surface area is 116 Å². The van der Waals surface area contributed by atoms with Gasteiger partial charge in [0.2, 0.25) is 0 Å². The highest BCUT2D eigenvalue weighted by Crippen LogP contribution is 2.24. The van der Waals surface area contributed by atoms with E-state index in [9.17, 15) is 0 Å². The molecule has 0 aliphatic heterocycles. The molecule has 2 nitrogen and oxygen atoms in total. The van der Waals surface area contributed by atoms with Crippen molar-refractivity contribution in [3.63, 3.8) is 0 Å². The average Bonchev–Trinajstić information content (AvgIpc) is 2.32. The van der Waals surface area contributed by atoms with Crippen LogP contribution in [0.1, 0.15) is 44.7 Å². The third-order valence-electron chi connectivity index (χ3n) is 3.30. The summed E-state index contributed by atoms with van der Waals surface area (Å²) in [5, 5.41) is 0.774. The number of nitrogens with zero attached hydrogens (tertiary/aromatic N) is 1.